The molecule has 0 spiro atoms. The van der Waals surface area contributed by atoms with Crippen LogP contribution in [0.15, 0.2) is 36.4 Å². The Kier molecular flexibility index (Phi) is 5.60. The van der Waals surface area contributed by atoms with E-state index in [9.17, 15) is 0 Å². The third-order valence-corrected chi connectivity index (χ3v) is 4.79. The molecule has 122 valence electrons. The summed E-state index contributed by atoms with van der Waals surface area (Å²) in [5, 5.41) is 13.0. The molecule has 1 aromatic carbocycles. The van der Waals surface area contributed by atoms with Gasteiger partial charge in [0.15, 0.2) is 0 Å². The number of aryl methyl sites for hydroxylation is 1. The summed E-state index contributed by atoms with van der Waals surface area (Å²) in [6.45, 7) is 3.07. The number of aromatic nitrogens is 2. The number of hydrogen-bond donors (Lipinski definition) is 2. The molecule has 0 unspecified atom stereocenters. The molecule has 3 N–H and O–H groups in total. The van der Waals surface area contributed by atoms with Crippen LogP contribution in [-0.2, 0) is 6.42 Å². The molecule has 1 aliphatic heterocycles. The zero-order chi connectivity index (χ0) is 15.9. The standard InChI is InChI=1S/C17H23N5S/c18-17-21-20-16(23-17)9-5-2-6-11-22-12-10-15(19-13-22)14-7-3-1-4-8-14/h1,3-4,7-8,10,19H,2,5-6,9,11-13H2,(H2,18,21). The molecular weight excluding hydrogens is 306 g/mol. The number of nitrogens with two attached hydrogens (primary N) is 1. The van der Waals surface area contributed by atoms with Crippen LogP contribution in [0.1, 0.15) is 29.8 Å². The van der Waals surface area contributed by atoms with Crippen LogP contribution in [0.5, 0.6) is 0 Å². The molecule has 0 saturated heterocycles. The number of rotatable bonds is 7. The zero-order valence-corrected chi connectivity index (χ0v) is 14.1. The maximum Gasteiger partial charge on any atom is 0.203 e. The van der Waals surface area contributed by atoms with Crippen LogP contribution in [-0.4, -0.2) is 34.9 Å². The number of unbranched alkanes of at least 4 members (excludes halogenated alkanes) is 2. The molecule has 0 radical (unpaired) electrons. The predicted octanol–water partition coefficient (Wildman–Crippen LogP) is 2.74. The Labute approximate surface area is 141 Å². The lowest BCUT2D eigenvalue weighted by atomic mass is 10.1. The van der Waals surface area contributed by atoms with Crippen molar-refractivity contribution in [3.8, 4) is 0 Å². The molecule has 1 aliphatic rings. The lowest BCUT2D eigenvalue weighted by Crippen LogP contribution is -2.38. The van der Waals surface area contributed by atoms with Crippen molar-refractivity contribution in [1.82, 2.24) is 20.4 Å². The molecule has 0 aliphatic carbocycles. The highest BCUT2D eigenvalue weighted by Gasteiger charge is 2.11. The smallest absolute Gasteiger partial charge is 0.203 e. The van der Waals surface area contributed by atoms with E-state index in [2.05, 4.69) is 56.8 Å². The molecule has 0 fully saturated rings. The quantitative estimate of drug-likeness (QED) is 0.765. The SMILES string of the molecule is Nc1nnc(CCCCCN2CC=C(c3ccccc3)NC2)s1. The van der Waals surface area contributed by atoms with Gasteiger partial charge in [-0.3, -0.25) is 4.90 Å². The second kappa shape index (κ2) is 8.08. The van der Waals surface area contributed by atoms with E-state index in [1.54, 1.807) is 0 Å². The fraction of sp³-hybridized carbons (Fsp3) is 0.412. The van der Waals surface area contributed by atoms with Gasteiger partial charge in [0.2, 0.25) is 5.13 Å². The minimum Gasteiger partial charge on any atom is -0.374 e. The van der Waals surface area contributed by atoms with Crippen molar-refractivity contribution in [2.75, 3.05) is 25.5 Å². The molecular formula is C17H23N5S. The molecule has 23 heavy (non-hydrogen) atoms. The molecule has 1 aromatic heterocycles. The normalized spacial score (nSPS) is 15.2. The van der Waals surface area contributed by atoms with Crippen LogP contribution in [0, 0.1) is 0 Å². The number of hydrogen-bond acceptors (Lipinski definition) is 6. The number of nitrogens with zero attached hydrogens (tertiary/aromatic N) is 3. The average molecular weight is 329 g/mol. The van der Waals surface area contributed by atoms with Crippen molar-refractivity contribution in [2.24, 2.45) is 0 Å². The highest BCUT2D eigenvalue weighted by molar-refractivity contribution is 7.15. The molecule has 5 nitrogen and oxygen atoms in total. The van der Waals surface area contributed by atoms with Crippen LogP contribution in [0.25, 0.3) is 5.70 Å². The summed E-state index contributed by atoms with van der Waals surface area (Å²) < 4.78 is 0. The van der Waals surface area contributed by atoms with E-state index in [4.69, 9.17) is 5.73 Å². The monoisotopic (exact) mass is 329 g/mol. The summed E-state index contributed by atoms with van der Waals surface area (Å²) >= 11 is 1.50. The Bertz CT molecular complexity index is 637. The van der Waals surface area contributed by atoms with Gasteiger partial charge in [-0.2, -0.15) is 0 Å². The average Bonchev–Trinajstić information content (AvgIpc) is 3.01. The van der Waals surface area contributed by atoms with Crippen LogP contribution >= 0.6 is 11.3 Å². The van der Waals surface area contributed by atoms with Gasteiger partial charge in [0.1, 0.15) is 5.01 Å². The van der Waals surface area contributed by atoms with E-state index in [1.807, 2.05) is 0 Å². The zero-order valence-electron chi connectivity index (χ0n) is 13.2. The molecule has 0 bridgehead atoms. The van der Waals surface area contributed by atoms with E-state index >= 15 is 0 Å². The summed E-state index contributed by atoms with van der Waals surface area (Å²) in [6.07, 6.45) is 6.85. The van der Waals surface area contributed by atoms with Crippen LogP contribution in [0.3, 0.4) is 0 Å². The molecule has 2 heterocycles. The van der Waals surface area contributed by atoms with E-state index in [0.29, 0.717) is 5.13 Å². The van der Waals surface area contributed by atoms with Gasteiger partial charge in [-0.25, -0.2) is 0 Å². The summed E-state index contributed by atoms with van der Waals surface area (Å²) in [4.78, 5) is 2.44. The van der Waals surface area contributed by atoms with Gasteiger partial charge in [-0.15, -0.1) is 10.2 Å². The maximum absolute atomic E-state index is 5.59. The van der Waals surface area contributed by atoms with Crippen molar-refractivity contribution in [3.05, 3.63) is 47.0 Å². The Morgan fingerprint density at radius 1 is 1.13 bits per heavy atom. The maximum atomic E-state index is 5.59. The van der Waals surface area contributed by atoms with E-state index < -0.39 is 0 Å². The largest absolute Gasteiger partial charge is 0.374 e. The minimum atomic E-state index is 0.570. The Hall–Kier alpha value is -1.92. The van der Waals surface area contributed by atoms with E-state index in [0.717, 1.165) is 37.6 Å². The third kappa shape index (κ3) is 4.77. The van der Waals surface area contributed by atoms with Gasteiger partial charge in [-0.05, 0) is 24.5 Å². The van der Waals surface area contributed by atoms with Crippen molar-refractivity contribution in [2.45, 2.75) is 25.7 Å². The van der Waals surface area contributed by atoms with Crippen LogP contribution in [0.2, 0.25) is 0 Å². The Balaban J connectivity index is 1.34. The van der Waals surface area contributed by atoms with Crippen molar-refractivity contribution in [1.29, 1.82) is 0 Å². The Morgan fingerprint density at radius 2 is 2.00 bits per heavy atom. The first-order chi connectivity index (χ1) is 11.3. The summed E-state index contributed by atoms with van der Waals surface area (Å²) in [6, 6.07) is 10.5. The summed E-state index contributed by atoms with van der Waals surface area (Å²) in [5.74, 6) is 0. The number of nitrogens with one attached hydrogen (secondary N) is 1. The second-order valence-electron chi connectivity index (χ2n) is 5.74. The first kappa shape index (κ1) is 16.0. The molecule has 0 atom stereocenters. The van der Waals surface area contributed by atoms with Gasteiger partial charge in [-0.1, -0.05) is 48.1 Å². The molecule has 3 rings (SSSR count). The second-order valence-corrected chi connectivity index (χ2v) is 6.83. The first-order valence-corrected chi connectivity index (χ1v) is 8.92. The fourth-order valence-corrected chi connectivity index (χ4v) is 3.37. The lowest BCUT2D eigenvalue weighted by Gasteiger charge is -2.27. The molecule has 2 aromatic rings. The number of benzene rings is 1. The first-order valence-electron chi connectivity index (χ1n) is 8.11. The van der Waals surface area contributed by atoms with Crippen molar-refractivity contribution < 1.29 is 0 Å². The third-order valence-electron chi connectivity index (χ3n) is 3.98. The van der Waals surface area contributed by atoms with Crippen LogP contribution < -0.4 is 11.1 Å². The predicted molar refractivity (Wildman–Crippen MR) is 95.9 cm³/mol. The minimum absolute atomic E-state index is 0.570. The van der Waals surface area contributed by atoms with Crippen molar-refractivity contribution in [3.63, 3.8) is 0 Å². The van der Waals surface area contributed by atoms with Gasteiger partial charge in [0, 0.05) is 25.2 Å². The number of anilines is 1. The van der Waals surface area contributed by atoms with E-state index in [-0.39, 0.29) is 0 Å². The van der Waals surface area contributed by atoms with Gasteiger partial charge in [0.05, 0.1) is 6.67 Å². The van der Waals surface area contributed by atoms with E-state index in [1.165, 1.54) is 35.4 Å². The highest BCUT2D eigenvalue weighted by atomic mass is 32.1. The van der Waals surface area contributed by atoms with Gasteiger partial charge in [0.25, 0.3) is 0 Å². The Morgan fingerprint density at radius 3 is 2.70 bits per heavy atom. The topological polar surface area (TPSA) is 67.1 Å². The molecule has 6 heteroatoms. The lowest BCUT2D eigenvalue weighted by molar-refractivity contribution is 0.278. The summed E-state index contributed by atoms with van der Waals surface area (Å²) in [5.41, 5.74) is 8.10. The molecule has 0 amide bonds. The van der Waals surface area contributed by atoms with Gasteiger partial charge < -0.3 is 11.1 Å². The summed E-state index contributed by atoms with van der Waals surface area (Å²) in [7, 11) is 0. The molecule has 0 saturated carbocycles. The number of nitrogen functional groups attached to an aromatic ring is 1. The van der Waals surface area contributed by atoms with Gasteiger partial charge >= 0.3 is 0 Å². The highest BCUT2D eigenvalue weighted by Crippen LogP contribution is 2.16. The van der Waals surface area contributed by atoms with Crippen LogP contribution in [0.4, 0.5) is 5.13 Å². The fourth-order valence-electron chi connectivity index (χ4n) is 2.72. The van der Waals surface area contributed by atoms with Crippen molar-refractivity contribution >= 4 is 22.2 Å².